The molecule has 0 aliphatic carbocycles. The minimum absolute atomic E-state index is 0.187. The van der Waals surface area contributed by atoms with Gasteiger partial charge in [-0.2, -0.15) is 0 Å². The Bertz CT molecular complexity index is 869. The van der Waals surface area contributed by atoms with Crippen molar-refractivity contribution in [2.45, 2.75) is 31.9 Å². The number of pyridine rings is 1. The van der Waals surface area contributed by atoms with Crippen LogP contribution in [0, 0.1) is 5.92 Å². The number of amides is 1. The lowest BCUT2D eigenvalue weighted by atomic mass is 10.00. The van der Waals surface area contributed by atoms with Gasteiger partial charge >= 0.3 is 0 Å². The Hall–Kier alpha value is -2.48. The molecule has 1 fully saturated rings. The molecule has 7 nitrogen and oxygen atoms in total. The third-order valence-corrected chi connectivity index (χ3v) is 6.17. The second kappa shape index (κ2) is 10.7. The van der Waals surface area contributed by atoms with E-state index in [4.69, 9.17) is 0 Å². The largest absolute Gasteiger partial charge is 0.390 e. The Morgan fingerprint density at radius 3 is 3.00 bits per heavy atom. The number of β-amino-alcohol motifs (C(OH)–C–C–N with tert-alkyl or cyclic N) is 1. The van der Waals surface area contributed by atoms with Gasteiger partial charge < -0.3 is 21.1 Å². The SMILES string of the molecule is O=C(NCC(O)CN1CCc2ccccc2C1)c1ccnc(NCC2CCCNC2)c1. The minimum Gasteiger partial charge on any atom is -0.390 e. The zero-order chi connectivity index (χ0) is 21.5. The molecule has 1 amide bonds. The number of carbonyl (C=O) groups is 1. The van der Waals surface area contributed by atoms with Crippen LogP contribution in [0.2, 0.25) is 0 Å². The summed E-state index contributed by atoms with van der Waals surface area (Å²) in [6, 6.07) is 11.9. The number of aliphatic hydroxyl groups is 1. The smallest absolute Gasteiger partial charge is 0.251 e. The van der Waals surface area contributed by atoms with Gasteiger partial charge in [-0.25, -0.2) is 4.98 Å². The summed E-state index contributed by atoms with van der Waals surface area (Å²) in [7, 11) is 0. The molecule has 31 heavy (non-hydrogen) atoms. The second-order valence-corrected chi connectivity index (χ2v) is 8.64. The number of nitrogens with one attached hydrogen (secondary N) is 3. The first-order valence-electron chi connectivity index (χ1n) is 11.3. The zero-order valence-corrected chi connectivity index (χ0v) is 18.0. The maximum absolute atomic E-state index is 12.6. The fraction of sp³-hybridized carbons (Fsp3) is 0.500. The van der Waals surface area contributed by atoms with Gasteiger partial charge in [0.25, 0.3) is 5.91 Å². The highest BCUT2D eigenvalue weighted by Crippen LogP contribution is 2.18. The van der Waals surface area contributed by atoms with Crippen molar-refractivity contribution in [2.24, 2.45) is 5.92 Å². The van der Waals surface area contributed by atoms with Gasteiger partial charge in [0, 0.05) is 44.5 Å². The molecule has 1 aromatic heterocycles. The van der Waals surface area contributed by atoms with E-state index in [9.17, 15) is 9.90 Å². The lowest BCUT2D eigenvalue weighted by Gasteiger charge is -2.30. The number of piperidine rings is 1. The molecule has 166 valence electrons. The van der Waals surface area contributed by atoms with Gasteiger partial charge in [0.2, 0.25) is 0 Å². The number of anilines is 1. The highest BCUT2D eigenvalue weighted by Gasteiger charge is 2.19. The van der Waals surface area contributed by atoms with Crippen LogP contribution < -0.4 is 16.0 Å². The van der Waals surface area contributed by atoms with Gasteiger partial charge in [0.15, 0.2) is 0 Å². The summed E-state index contributed by atoms with van der Waals surface area (Å²) < 4.78 is 0. The highest BCUT2D eigenvalue weighted by molar-refractivity contribution is 5.94. The van der Waals surface area contributed by atoms with E-state index in [1.54, 1.807) is 18.3 Å². The quantitative estimate of drug-likeness (QED) is 0.516. The molecule has 2 unspecified atom stereocenters. The van der Waals surface area contributed by atoms with Gasteiger partial charge in [-0.3, -0.25) is 9.69 Å². The molecule has 0 radical (unpaired) electrons. The molecule has 2 aliphatic rings. The molecular weight excluding hydrogens is 390 g/mol. The Labute approximate surface area is 184 Å². The molecule has 4 rings (SSSR count). The van der Waals surface area contributed by atoms with E-state index in [0.717, 1.165) is 39.1 Å². The Morgan fingerprint density at radius 2 is 2.16 bits per heavy atom. The normalized spacial score (nSPS) is 20.0. The molecular formula is C24H33N5O2. The average Bonchev–Trinajstić information content (AvgIpc) is 2.82. The van der Waals surface area contributed by atoms with Crippen molar-refractivity contribution in [3.05, 3.63) is 59.3 Å². The number of nitrogens with zero attached hydrogens (tertiary/aromatic N) is 2. The molecule has 1 saturated heterocycles. The van der Waals surface area contributed by atoms with Crippen LogP contribution in [-0.4, -0.2) is 66.3 Å². The van der Waals surface area contributed by atoms with Crippen LogP contribution in [0.1, 0.15) is 34.3 Å². The molecule has 2 atom stereocenters. The van der Waals surface area contributed by atoms with E-state index in [0.29, 0.717) is 23.8 Å². The van der Waals surface area contributed by atoms with Crippen molar-refractivity contribution in [1.29, 1.82) is 0 Å². The summed E-state index contributed by atoms with van der Waals surface area (Å²) >= 11 is 0. The van der Waals surface area contributed by atoms with Gasteiger partial charge in [-0.05, 0) is 61.5 Å². The van der Waals surface area contributed by atoms with E-state index in [1.165, 1.54) is 24.0 Å². The fourth-order valence-electron chi connectivity index (χ4n) is 4.40. The summed E-state index contributed by atoms with van der Waals surface area (Å²) in [5.41, 5.74) is 3.27. The Kier molecular flexibility index (Phi) is 7.51. The van der Waals surface area contributed by atoms with Crippen LogP contribution in [0.25, 0.3) is 0 Å². The topological polar surface area (TPSA) is 89.5 Å². The van der Waals surface area contributed by atoms with E-state index in [2.05, 4.69) is 50.1 Å². The van der Waals surface area contributed by atoms with Crippen LogP contribution in [0.15, 0.2) is 42.6 Å². The van der Waals surface area contributed by atoms with E-state index < -0.39 is 6.10 Å². The summed E-state index contributed by atoms with van der Waals surface area (Å²) in [6.45, 7) is 5.52. The first kappa shape index (κ1) is 21.7. The zero-order valence-electron chi connectivity index (χ0n) is 18.0. The summed E-state index contributed by atoms with van der Waals surface area (Å²) in [4.78, 5) is 19.1. The summed E-state index contributed by atoms with van der Waals surface area (Å²) in [6.07, 6.45) is 4.46. The fourth-order valence-corrected chi connectivity index (χ4v) is 4.40. The molecule has 0 saturated carbocycles. The van der Waals surface area contributed by atoms with E-state index in [1.807, 2.05) is 0 Å². The Morgan fingerprint density at radius 1 is 1.29 bits per heavy atom. The van der Waals surface area contributed by atoms with Gasteiger partial charge in [0.05, 0.1) is 6.10 Å². The van der Waals surface area contributed by atoms with Crippen molar-refractivity contribution in [3.8, 4) is 0 Å². The molecule has 7 heteroatoms. The minimum atomic E-state index is -0.604. The van der Waals surface area contributed by atoms with Gasteiger partial charge in [-0.1, -0.05) is 24.3 Å². The standard InChI is InChI=1S/C24H33N5O2/c30-22(17-29-11-8-19-5-1-2-6-21(19)16-29)15-28-24(31)20-7-10-26-23(12-20)27-14-18-4-3-9-25-13-18/h1-2,5-7,10,12,18,22,25,30H,3-4,8-9,11,13-17H2,(H,26,27)(H,28,31). The molecule has 2 aromatic rings. The van der Waals surface area contributed by atoms with Crippen LogP contribution in [0.5, 0.6) is 0 Å². The van der Waals surface area contributed by atoms with Crippen molar-refractivity contribution in [1.82, 2.24) is 20.5 Å². The maximum atomic E-state index is 12.6. The number of aromatic nitrogens is 1. The number of benzene rings is 1. The summed E-state index contributed by atoms with van der Waals surface area (Å²) in [5, 5.41) is 20.1. The van der Waals surface area contributed by atoms with Crippen LogP contribution >= 0.6 is 0 Å². The molecule has 1 aromatic carbocycles. The number of rotatable bonds is 8. The molecule has 0 bridgehead atoms. The van der Waals surface area contributed by atoms with Crippen molar-refractivity contribution >= 4 is 11.7 Å². The molecule has 3 heterocycles. The van der Waals surface area contributed by atoms with Crippen LogP contribution in [-0.2, 0) is 13.0 Å². The molecule has 2 aliphatic heterocycles. The lowest BCUT2D eigenvalue weighted by molar-refractivity contribution is 0.0842. The first-order chi connectivity index (χ1) is 15.2. The number of hydrogen-bond acceptors (Lipinski definition) is 6. The maximum Gasteiger partial charge on any atom is 0.251 e. The summed E-state index contributed by atoms with van der Waals surface area (Å²) in [5.74, 6) is 1.11. The number of hydrogen-bond donors (Lipinski definition) is 4. The van der Waals surface area contributed by atoms with Crippen molar-refractivity contribution in [2.75, 3.05) is 44.6 Å². The molecule has 4 N–H and O–H groups in total. The van der Waals surface area contributed by atoms with Crippen LogP contribution in [0.4, 0.5) is 5.82 Å². The molecule has 0 spiro atoms. The third-order valence-electron chi connectivity index (χ3n) is 6.17. The Balaban J connectivity index is 1.22. The predicted molar refractivity (Wildman–Crippen MR) is 122 cm³/mol. The van der Waals surface area contributed by atoms with E-state index >= 15 is 0 Å². The van der Waals surface area contributed by atoms with Crippen molar-refractivity contribution in [3.63, 3.8) is 0 Å². The lowest BCUT2D eigenvalue weighted by Crippen LogP contribution is -2.42. The number of fused-ring (bicyclic) bond motifs is 1. The van der Waals surface area contributed by atoms with Gasteiger partial charge in [0.1, 0.15) is 5.82 Å². The van der Waals surface area contributed by atoms with Gasteiger partial charge in [-0.15, -0.1) is 0 Å². The predicted octanol–water partition coefficient (Wildman–Crippen LogP) is 1.64. The third kappa shape index (κ3) is 6.26. The number of aliphatic hydroxyl groups excluding tert-OH is 1. The van der Waals surface area contributed by atoms with Crippen LogP contribution in [0.3, 0.4) is 0 Å². The monoisotopic (exact) mass is 423 g/mol. The average molecular weight is 424 g/mol. The van der Waals surface area contributed by atoms with E-state index in [-0.39, 0.29) is 12.5 Å². The first-order valence-corrected chi connectivity index (χ1v) is 11.3. The number of carbonyl (C=O) groups excluding carboxylic acids is 1. The highest BCUT2D eigenvalue weighted by atomic mass is 16.3. The second-order valence-electron chi connectivity index (χ2n) is 8.64. The van der Waals surface area contributed by atoms with Crippen molar-refractivity contribution < 1.29 is 9.90 Å².